The molecule has 0 saturated carbocycles. The molecule has 4 aliphatic rings. The van der Waals surface area contributed by atoms with Crippen molar-refractivity contribution < 1.29 is 103 Å². The molecular weight excluding hydrogens is 1190 g/mol. The molecule has 0 bridgehead atoms. The Morgan fingerprint density at radius 2 is 0.573 bits per heavy atom. The molecule has 0 unspecified atom stereocenters. The highest BCUT2D eigenvalue weighted by Crippen LogP contribution is 2.12. The number of carbonyl (C=O) groups excluding carboxylic acids is 12. The van der Waals surface area contributed by atoms with Gasteiger partial charge in [0.1, 0.15) is 48.3 Å². The Kier molecular flexibility index (Phi) is 25.1. The maximum atomic E-state index is 12.1. The topological polar surface area (TPSA) is 609 Å². The third-order valence-corrected chi connectivity index (χ3v) is 13.1. The molecule has 4 fully saturated rings. The lowest BCUT2D eigenvalue weighted by Crippen LogP contribution is -2.59. The Bertz CT molecular complexity index is 2750. The SMILES string of the molecule is CN1C(=O)C[C@@H](C(=O)N[C@@H](Cc2cnc[nH]2)C(=O)O)NC1=O.CN1C(=O)C[C@@H](C(=O)N[C@@H](Cc2cnc[nH]2)C(=O)O)NC1=O.CN1C(=O)C[C@@H](C(=O)N[C@@H](Cc2cnc[nH]2)C(=O)O)NC1=O.CN1C(=O)C[C@@H](C(=O)N[C@@H](Cc2cnc[nH]2)C(=O)O)NC1=O.O. The van der Waals surface area contributed by atoms with Gasteiger partial charge in [0, 0.05) is 101 Å². The number of rotatable bonds is 20. The van der Waals surface area contributed by atoms with E-state index < -0.39 is 144 Å². The zero-order valence-corrected chi connectivity index (χ0v) is 47.3. The number of aromatic nitrogens is 8. The van der Waals surface area contributed by atoms with Gasteiger partial charge in [-0.2, -0.15) is 0 Å². The average molecular weight is 1260 g/mol. The molecule has 8 atom stereocenters. The second kappa shape index (κ2) is 32.0. The van der Waals surface area contributed by atoms with E-state index in [1.807, 2.05) is 0 Å². The summed E-state index contributed by atoms with van der Waals surface area (Å²) in [5.74, 6) is -9.83. The average Bonchev–Trinajstić information content (AvgIpc) is 3.91. The summed E-state index contributed by atoms with van der Waals surface area (Å²) < 4.78 is 0. The molecule has 4 saturated heterocycles. The molecular formula is C48H62N20O21. The molecule has 41 nitrogen and oxygen atoms in total. The number of carbonyl (C=O) groups is 16. The van der Waals surface area contributed by atoms with E-state index in [4.69, 9.17) is 20.4 Å². The van der Waals surface area contributed by atoms with Crippen molar-refractivity contribution >= 4 is 95.3 Å². The molecule has 4 aromatic heterocycles. The first kappa shape index (κ1) is 69.8. The van der Waals surface area contributed by atoms with E-state index in [-0.39, 0.29) is 56.8 Å². The van der Waals surface area contributed by atoms with Crippen LogP contribution in [0.5, 0.6) is 0 Å². The molecule has 18 N–H and O–H groups in total. The van der Waals surface area contributed by atoms with Crippen LogP contribution < -0.4 is 42.5 Å². The second-order valence-corrected chi connectivity index (χ2v) is 19.4. The predicted octanol–water partition coefficient (Wildman–Crippen LogP) is -6.98. The van der Waals surface area contributed by atoms with Gasteiger partial charge in [-0.15, -0.1) is 0 Å². The maximum Gasteiger partial charge on any atom is 0.326 e. The number of amides is 16. The summed E-state index contributed by atoms with van der Waals surface area (Å²) >= 11 is 0. The van der Waals surface area contributed by atoms with Crippen LogP contribution >= 0.6 is 0 Å². The van der Waals surface area contributed by atoms with Crippen LogP contribution in [0.25, 0.3) is 0 Å². The highest BCUT2D eigenvalue weighted by molar-refractivity contribution is 6.05. The highest BCUT2D eigenvalue weighted by atomic mass is 16.4. The van der Waals surface area contributed by atoms with Crippen LogP contribution in [0.2, 0.25) is 0 Å². The van der Waals surface area contributed by atoms with Crippen molar-refractivity contribution in [1.82, 2.24) is 102 Å². The Morgan fingerprint density at radius 1 is 0.393 bits per heavy atom. The number of nitrogens with zero attached hydrogens (tertiary/aromatic N) is 8. The minimum atomic E-state index is -1.23. The highest BCUT2D eigenvalue weighted by Gasteiger charge is 2.39. The van der Waals surface area contributed by atoms with Gasteiger partial charge in [-0.3, -0.25) is 58.0 Å². The van der Waals surface area contributed by atoms with Crippen LogP contribution in [0.1, 0.15) is 48.5 Å². The number of imidazole rings is 4. The monoisotopic (exact) mass is 1250 g/mol. The van der Waals surface area contributed by atoms with E-state index in [2.05, 4.69) is 82.4 Å². The lowest BCUT2D eigenvalue weighted by molar-refractivity contribution is -0.143. The maximum absolute atomic E-state index is 12.1. The predicted molar refractivity (Wildman–Crippen MR) is 290 cm³/mol. The van der Waals surface area contributed by atoms with Gasteiger partial charge in [0.05, 0.1) is 51.0 Å². The Labute approximate surface area is 499 Å². The van der Waals surface area contributed by atoms with Gasteiger partial charge >= 0.3 is 48.0 Å². The van der Waals surface area contributed by atoms with E-state index in [0.29, 0.717) is 22.8 Å². The van der Waals surface area contributed by atoms with Crippen molar-refractivity contribution in [3.05, 3.63) is 72.9 Å². The molecule has 0 aromatic carbocycles. The number of carboxylic acid groups (broad SMARTS) is 4. The van der Waals surface area contributed by atoms with E-state index >= 15 is 0 Å². The van der Waals surface area contributed by atoms with Gasteiger partial charge in [-0.1, -0.05) is 0 Å². The van der Waals surface area contributed by atoms with Crippen LogP contribution in [0.15, 0.2) is 50.1 Å². The molecule has 16 amide bonds. The van der Waals surface area contributed by atoms with Crippen molar-refractivity contribution in [1.29, 1.82) is 0 Å². The fourth-order valence-electron chi connectivity index (χ4n) is 7.87. The Morgan fingerprint density at radius 3 is 0.708 bits per heavy atom. The molecule has 41 heteroatoms. The zero-order valence-electron chi connectivity index (χ0n) is 47.3. The van der Waals surface area contributed by atoms with Gasteiger partial charge in [0.15, 0.2) is 0 Å². The Hall–Kier alpha value is -11.7. The van der Waals surface area contributed by atoms with Gasteiger partial charge < -0.3 is 88.4 Å². The van der Waals surface area contributed by atoms with E-state index in [1.165, 1.54) is 78.3 Å². The van der Waals surface area contributed by atoms with Gasteiger partial charge in [-0.25, -0.2) is 58.3 Å². The zero-order chi connectivity index (χ0) is 65.1. The Balaban J connectivity index is 0.000000253. The molecule has 0 aliphatic carbocycles. The quantitative estimate of drug-likeness (QED) is 0.0391. The van der Waals surface area contributed by atoms with Gasteiger partial charge in [0.2, 0.25) is 47.3 Å². The number of nitrogens with one attached hydrogen (secondary N) is 12. The van der Waals surface area contributed by atoms with Gasteiger partial charge in [-0.05, 0) is 0 Å². The number of aromatic amines is 4. The summed E-state index contributed by atoms with van der Waals surface area (Å²) in [6.07, 6.45) is 10.5. The number of H-pyrrole nitrogens is 4. The third kappa shape index (κ3) is 20.2. The first-order chi connectivity index (χ1) is 41.5. The van der Waals surface area contributed by atoms with Crippen LogP contribution in [0.3, 0.4) is 0 Å². The first-order valence-electron chi connectivity index (χ1n) is 25.8. The fraction of sp³-hybridized carbons (Fsp3) is 0.417. The lowest BCUT2D eigenvalue weighted by Gasteiger charge is -2.28. The van der Waals surface area contributed by atoms with Crippen LogP contribution in [0.4, 0.5) is 19.2 Å². The second-order valence-electron chi connectivity index (χ2n) is 19.4. The normalized spacial score (nSPS) is 19.3. The molecule has 4 aliphatic heterocycles. The van der Waals surface area contributed by atoms with Gasteiger partial charge in [0.25, 0.3) is 0 Å². The molecule has 8 rings (SSSR count). The van der Waals surface area contributed by atoms with Crippen molar-refractivity contribution in [2.75, 3.05) is 28.2 Å². The fourth-order valence-corrected chi connectivity index (χ4v) is 7.87. The minimum absolute atomic E-state index is 0. The molecule has 480 valence electrons. The van der Waals surface area contributed by atoms with Crippen molar-refractivity contribution in [2.45, 2.75) is 99.7 Å². The summed E-state index contributed by atoms with van der Waals surface area (Å²) in [6, 6.07) is -11.9. The summed E-state index contributed by atoms with van der Waals surface area (Å²) in [4.78, 5) is 215. The number of urea groups is 4. The van der Waals surface area contributed by atoms with Crippen LogP contribution in [0, 0.1) is 0 Å². The number of carboxylic acids is 4. The standard InChI is InChI=1S/4C12H15N5O5.H2O/c4*1-17-9(18)3-7(16-12(17)22)10(19)15-8(11(20)21)2-6-4-13-5-14-6;/h4*4-5,7-8H,2-3H2,1H3,(H,13,14)(H,15,19)(H,16,22)(H,20,21);1H2/t4*7-,8-;/m0000./s1. The van der Waals surface area contributed by atoms with E-state index in [1.54, 1.807) is 0 Å². The van der Waals surface area contributed by atoms with Crippen molar-refractivity contribution in [2.24, 2.45) is 0 Å². The summed E-state index contributed by atoms with van der Waals surface area (Å²) in [5, 5.41) is 55.2. The van der Waals surface area contributed by atoms with Crippen LogP contribution in [-0.4, -0.2) is 257 Å². The summed E-state index contributed by atoms with van der Waals surface area (Å²) in [5.41, 5.74) is 2.15. The molecule has 0 spiro atoms. The smallest absolute Gasteiger partial charge is 0.326 e. The first-order valence-corrected chi connectivity index (χ1v) is 25.8. The molecule has 4 aromatic rings. The van der Waals surface area contributed by atoms with E-state index in [0.717, 1.165) is 19.6 Å². The van der Waals surface area contributed by atoms with E-state index in [9.17, 15) is 76.7 Å². The summed E-state index contributed by atoms with van der Waals surface area (Å²) in [6.45, 7) is 0. The van der Waals surface area contributed by atoms with Crippen molar-refractivity contribution in [3.63, 3.8) is 0 Å². The van der Waals surface area contributed by atoms with Crippen molar-refractivity contribution in [3.8, 4) is 0 Å². The molecule has 8 heterocycles. The largest absolute Gasteiger partial charge is 0.480 e. The third-order valence-electron chi connectivity index (χ3n) is 13.1. The molecule has 89 heavy (non-hydrogen) atoms. The number of hydrogen-bond acceptors (Lipinski definition) is 20. The minimum Gasteiger partial charge on any atom is -0.480 e. The summed E-state index contributed by atoms with van der Waals surface area (Å²) in [7, 11) is 5.18. The molecule has 0 radical (unpaired) electrons. The number of hydrogen-bond donors (Lipinski definition) is 16. The number of imide groups is 4. The number of aliphatic carboxylic acids is 4. The van der Waals surface area contributed by atoms with Crippen LogP contribution in [-0.2, 0) is 83.2 Å². The lowest BCUT2D eigenvalue weighted by atomic mass is 10.1.